The van der Waals surface area contributed by atoms with Gasteiger partial charge in [-0.25, -0.2) is 4.79 Å². The Labute approximate surface area is 197 Å². The SMILES string of the molecule is CCOc1ccc(NC(=O)CN(C)CC(=O)NC(=O)Nc2ccc3c(c2)OCO3)cc1OCC. The summed E-state index contributed by atoms with van der Waals surface area (Å²) >= 11 is 0. The molecule has 34 heavy (non-hydrogen) atoms. The van der Waals surface area contributed by atoms with E-state index in [1.54, 1.807) is 43.4 Å². The van der Waals surface area contributed by atoms with Crippen molar-refractivity contribution in [2.75, 3.05) is 50.8 Å². The van der Waals surface area contributed by atoms with Crippen molar-refractivity contribution in [3.05, 3.63) is 36.4 Å². The molecule has 11 heteroatoms. The van der Waals surface area contributed by atoms with Crippen molar-refractivity contribution in [2.45, 2.75) is 13.8 Å². The fourth-order valence-electron chi connectivity index (χ4n) is 3.18. The summed E-state index contributed by atoms with van der Waals surface area (Å²) < 4.78 is 21.5. The number of benzene rings is 2. The highest BCUT2D eigenvalue weighted by Crippen LogP contribution is 2.34. The van der Waals surface area contributed by atoms with Gasteiger partial charge in [-0.05, 0) is 45.2 Å². The fraction of sp³-hybridized carbons (Fsp3) is 0.348. The quantitative estimate of drug-likeness (QED) is 0.481. The zero-order valence-electron chi connectivity index (χ0n) is 19.3. The number of amides is 4. The Bertz CT molecular complexity index is 1040. The second-order valence-corrected chi connectivity index (χ2v) is 7.32. The van der Waals surface area contributed by atoms with Gasteiger partial charge in [-0.1, -0.05) is 0 Å². The van der Waals surface area contributed by atoms with E-state index in [2.05, 4.69) is 16.0 Å². The summed E-state index contributed by atoms with van der Waals surface area (Å²) in [6.07, 6.45) is 0. The van der Waals surface area contributed by atoms with Gasteiger partial charge < -0.3 is 29.6 Å². The van der Waals surface area contributed by atoms with Crippen LogP contribution < -0.4 is 34.9 Å². The van der Waals surface area contributed by atoms with Crippen LogP contribution in [0.4, 0.5) is 16.2 Å². The molecule has 3 rings (SSSR count). The van der Waals surface area contributed by atoms with Crippen molar-refractivity contribution >= 4 is 29.2 Å². The number of hydrogen-bond acceptors (Lipinski definition) is 8. The number of urea groups is 1. The molecular formula is C23H28N4O7. The van der Waals surface area contributed by atoms with Crippen LogP contribution in [0.25, 0.3) is 0 Å². The normalized spacial score (nSPS) is 11.6. The predicted octanol–water partition coefficient (Wildman–Crippen LogP) is 2.43. The van der Waals surface area contributed by atoms with Crippen molar-refractivity contribution in [1.29, 1.82) is 0 Å². The number of fused-ring (bicyclic) bond motifs is 1. The molecule has 0 aliphatic carbocycles. The highest BCUT2D eigenvalue weighted by atomic mass is 16.7. The molecule has 2 aromatic carbocycles. The molecule has 2 aromatic rings. The van der Waals surface area contributed by atoms with Gasteiger partial charge >= 0.3 is 6.03 Å². The van der Waals surface area contributed by atoms with Crippen molar-refractivity contribution in [3.8, 4) is 23.0 Å². The third kappa shape index (κ3) is 7.01. The average Bonchev–Trinajstić information content (AvgIpc) is 3.23. The number of carbonyl (C=O) groups is 3. The summed E-state index contributed by atoms with van der Waals surface area (Å²) in [5.41, 5.74) is 0.988. The minimum atomic E-state index is -0.695. The van der Waals surface area contributed by atoms with Gasteiger partial charge in [-0.3, -0.25) is 19.8 Å². The lowest BCUT2D eigenvalue weighted by Crippen LogP contribution is -2.42. The van der Waals surface area contributed by atoms with Crippen LogP contribution >= 0.6 is 0 Å². The number of carbonyl (C=O) groups excluding carboxylic acids is 3. The summed E-state index contributed by atoms with van der Waals surface area (Å²) in [4.78, 5) is 38.1. The average molecular weight is 472 g/mol. The fourth-order valence-corrected chi connectivity index (χ4v) is 3.18. The van der Waals surface area contributed by atoms with Crippen LogP contribution in [0, 0.1) is 0 Å². The molecule has 0 saturated carbocycles. The number of nitrogens with one attached hydrogen (secondary N) is 3. The maximum Gasteiger partial charge on any atom is 0.325 e. The minimum absolute atomic E-state index is 0.0611. The number of rotatable bonds is 10. The van der Waals surface area contributed by atoms with Crippen molar-refractivity contribution in [2.24, 2.45) is 0 Å². The van der Waals surface area contributed by atoms with E-state index in [1.807, 2.05) is 13.8 Å². The molecule has 1 aliphatic heterocycles. The van der Waals surface area contributed by atoms with Gasteiger partial charge in [0.05, 0.1) is 26.3 Å². The smallest absolute Gasteiger partial charge is 0.325 e. The minimum Gasteiger partial charge on any atom is -0.490 e. The highest BCUT2D eigenvalue weighted by Gasteiger charge is 2.17. The van der Waals surface area contributed by atoms with Crippen LogP contribution in [-0.4, -0.2) is 62.9 Å². The lowest BCUT2D eigenvalue weighted by molar-refractivity contribution is -0.122. The number of ether oxygens (including phenoxy) is 4. The topological polar surface area (TPSA) is 127 Å². The highest BCUT2D eigenvalue weighted by molar-refractivity contribution is 6.02. The maximum atomic E-state index is 12.4. The van der Waals surface area contributed by atoms with E-state index in [4.69, 9.17) is 18.9 Å². The monoisotopic (exact) mass is 472 g/mol. The van der Waals surface area contributed by atoms with E-state index < -0.39 is 11.9 Å². The number of anilines is 2. The van der Waals surface area contributed by atoms with Crippen LogP contribution in [0.3, 0.4) is 0 Å². The van der Waals surface area contributed by atoms with Gasteiger partial charge in [-0.2, -0.15) is 0 Å². The Hall–Kier alpha value is -3.99. The van der Waals surface area contributed by atoms with Gasteiger partial charge in [0.1, 0.15) is 0 Å². The predicted molar refractivity (Wildman–Crippen MR) is 125 cm³/mol. The van der Waals surface area contributed by atoms with E-state index >= 15 is 0 Å². The van der Waals surface area contributed by atoms with Crippen LogP contribution in [0.2, 0.25) is 0 Å². The Kier molecular flexibility index (Phi) is 8.52. The van der Waals surface area contributed by atoms with E-state index in [-0.39, 0.29) is 25.8 Å². The third-order valence-corrected chi connectivity index (χ3v) is 4.54. The molecule has 0 atom stereocenters. The van der Waals surface area contributed by atoms with E-state index in [1.165, 1.54) is 4.90 Å². The van der Waals surface area contributed by atoms with E-state index in [9.17, 15) is 14.4 Å². The summed E-state index contributed by atoms with van der Waals surface area (Å²) in [6, 6.07) is 9.30. The maximum absolute atomic E-state index is 12.4. The van der Waals surface area contributed by atoms with E-state index in [0.29, 0.717) is 47.6 Å². The summed E-state index contributed by atoms with van der Waals surface area (Å²) in [6.45, 7) is 4.58. The molecule has 182 valence electrons. The number of likely N-dealkylation sites (N-methyl/N-ethyl adjacent to an activating group) is 1. The molecule has 0 bridgehead atoms. The second kappa shape index (κ2) is 11.8. The van der Waals surface area contributed by atoms with Gasteiger partial charge in [0.25, 0.3) is 0 Å². The van der Waals surface area contributed by atoms with Crippen LogP contribution in [-0.2, 0) is 9.59 Å². The number of hydrogen-bond donors (Lipinski definition) is 3. The zero-order chi connectivity index (χ0) is 24.5. The van der Waals surface area contributed by atoms with Crippen LogP contribution in [0.5, 0.6) is 23.0 Å². The van der Waals surface area contributed by atoms with Gasteiger partial charge in [0.15, 0.2) is 23.0 Å². The first-order valence-electron chi connectivity index (χ1n) is 10.8. The Morgan fingerprint density at radius 3 is 2.26 bits per heavy atom. The first-order valence-corrected chi connectivity index (χ1v) is 10.8. The summed E-state index contributed by atoms with van der Waals surface area (Å²) in [7, 11) is 1.60. The molecule has 0 fully saturated rings. The number of imide groups is 1. The molecule has 3 N–H and O–H groups in total. The first kappa shape index (κ1) is 24.6. The second-order valence-electron chi connectivity index (χ2n) is 7.32. The molecule has 1 heterocycles. The largest absolute Gasteiger partial charge is 0.490 e. The Balaban J connectivity index is 1.44. The zero-order valence-corrected chi connectivity index (χ0v) is 19.3. The molecule has 0 radical (unpaired) electrons. The molecule has 1 aliphatic rings. The lowest BCUT2D eigenvalue weighted by Gasteiger charge is -2.17. The number of nitrogens with zero attached hydrogens (tertiary/aromatic N) is 1. The lowest BCUT2D eigenvalue weighted by atomic mass is 10.2. The van der Waals surface area contributed by atoms with Gasteiger partial charge in [0.2, 0.25) is 18.6 Å². The summed E-state index contributed by atoms with van der Waals surface area (Å²) in [5, 5.41) is 7.54. The van der Waals surface area contributed by atoms with Crippen molar-refractivity contribution in [3.63, 3.8) is 0 Å². The van der Waals surface area contributed by atoms with Gasteiger partial charge in [-0.15, -0.1) is 0 Å². The Morgan fingerprint density at radius 2 is 1.50 bits per heavy atom. The summed E-state index contributed by atoms with van der Waals surface area (Å²) in [5.74, 6) is 1.33. The molecule has 0 saturated heterocycles. The molecule has 0 unspecified atom stereocenters. The van der Waals surface area contributed by atoms with Crippen molar-refractivity contribution in [1.82, 2.24) is 10.2 Å². The molecule has 0 spiro atoms. The third-order valence-electron chi connectivity index (χ3n) is 4.54. The first-order chi connectivity index (χ1) is 16.4. The van der Waals surface area contributed by atoms with E-state index in [0.717, 1.165) is 0 Å². The molecular weight excluding hydrogens is 444 g/mol. The van der Waals surface area contributed by atoms with Crippen LogP contribution in [0.1, 0.15) is 13.8 Å². The van der Waals surface area contributed by atoms with Crippen LogP contribution in [0.15, 0.2) is 36.4 Å². The van der Waals surface area contributed by atoms with Gasteiger partial charge in [0, 0.05) is 23.5 Å². The molecule has 11 nitrogen and oxygen atoms in total. The van der Waals surface area contributed by atoms with Crippen molar-refractivity contribution < 1.29 is 33.3 Å². The molecule has 0 aromatic heterocycles. The standard InChI is InChI=1S/C23H28N4O7/c1-4-31-17-8-6-15(10-19(17)32-5-2)24-21(28)12-27(3)13-22(29)26-23(30)25-16-7-9-18-20(11-16)34-14-33-18/h6-11H,4-5,12-14H2,1-3H3,(H,24,28)(H2,25,26,29,30). The molecule has 4 amide bonds. The Morgan fingerprint density at radius 1 is 0.853 bits per heavy atom.